The van der Waals surface area contributed by atoms with Crippen LogP contribution in [0.4, 0.5) is 0 Å². The molecule has 0 aromatic heterocycles. The fourth-order valence-electron chi connectivity index (χ4n) is 5.17. The Morgan fingerprint density at radius 2 is 1.06 bits per heavy atom. The van der Waals surface area contributed by atoms with Crippen molar-refractivity contribution in [1.29, 1.82) is 0 Å². The van der Waals surface area contributed by atoms with Gasteiger partial charge in [0.25, 0.3) is 8.32 Å². The summed E-state index contributed by atoms with van der Waals surface area (Å²) in [6, 6.07) is 42.3. The molecule has 0 saturated heterocycles. The first-order valence-corrected chi connectivity index (χ1v) is 13.9. The summed E-state index contributed by atoms with van der Waals surface area (Å²) in [5.41, 5.74) is 2.73. The predicted molar refractivity (Wildman–Crippen MR) is 143 cm³/mol. The molecule has 1 nitrogen and oxygen atoms in total. The summed E-state index contributed by atoms with van der Waals surface area (Å²) < 4.78 is 0. The Balaban J connectivity index is 1.71. The zero-order valence-corrected chi connectivity index (χ0v) is 20.7. The van der Waals surface area contributed by atoms with Crippen LogP contribution in [0.25, 0.3) is 0 Å². The van der Waals surface area contributed by atoms with Gasteiger partial charge in [0, 0.05) is 0 Å². The topological polar surface area (TPSA) is 20.2 Å². The Hall–Kier alpha value is -2.94. The molecule has 4 aromatic rings. The molecular formula is C31H34OSi. The van der Waals surface area contributed by atoms with Crippen molar-refractivity contribution in [3.8, 4) is 0 Å². The van der Waals surface area contributed by atoms with E-state index in [1.54, 1.807) is 0 Å². The second kappa shape index (κ2) is 10.3. The van der Waals surface area contributed by atoms with Gasteiger partial charge in [-0.3, -0.25) is 0 Å². The zero-order chi connectivity index (χ0) is 23.2. The fourth-order valence-corrected chi connectivity index (χ4v) is 8.96. The number of hydrogen-bond acceptors (Lipinski definition) is 1. The van der Waals surface area contributed by atoms with Crippen molar-refractivity contribution in [3.63, 3.8) is 0 Å². The van der Waals surface area contributed by atoms with E-state index in [0.29, 0.717) is 5.92 Å². The summed E-state index contributed by atoms with van der Waals surface area (Å²) in [5, 5.41) is 1.89. The number of aryl methyl sites for hydroxylation is 1. The van der Waals surface area contributed by atoms with E-state index in [9.17, 15) is 4.80 Å². The average molecular weight is 451 g/mol. The molecule has 0 aliphatic carbocycles. The van der Waals surface area contributed by atoms with Crippen LogP contribution in [-0.4, -0.2) is 13.1 Å². The Kier molecular flexibility index (Phi) is 7.27. The van der Waals surface area contributed by atoms with E-state index in [0.717, 1.165) is 29.6 Å². The van der Waals surface area contributed by atoms with Crippen molar-refractivity contribution in [3.05, 3.63) is 132 Å². The minimum Gasteiger partial charge on any atom is -0.424 e. The van der Waals surface area contributed by atoms with Crippen molar-refractivity contribution in [2.45, 2.75) is 44.1 Å². The molecule has 0 saturated carbocycles. The summed E-state index contributed by atoms with van der Waals surface area (Å²) >= 11 is 0. The van der Waals surface area contributed by atoms with Crippen LogP contribution in [-0.2, 0) is 6.42 Å². The SMILES string of the molecule is CC(C)(CC(CCc1ccccc1)c1ccccc1)[Si](O)(c1ccccc1)c1ccccc1. The van der Waals surface area contributed by atoms with E-state index in [2.05, 4.69) is 123 Å². The van der Waals surface area contributed by atoms with Crippen molar-refractivity contribution in [2.75, 3.05) is 0 Å². The van der Waals surface area contributed by atoms with Crippen LogP contribution in [0.2, 0.25) is 5.04 Å². The van der Waals surface area contributed by atoms with Crippen molar-refractivity contribution in [2.24, 2.45) is 0 Å². The van der Waals surface area contributed by atoms with Gasteiger partial charge in [-0.15, -0.1) is 0 Å². The first kappa shape index (κ1) is 23.2. The number of hydrogen-bond donors (Lipinski definition) is 1. The Morgan fingerprint density at radius 1 is 0.636 bits per heavy atom. The minimum atomic E-state index is -3.03. The third-order valence-corrected chi connectivity index (χ3v) is 11.5. The molecule has 2 heteroatoms. The molecule has 0 amide bonds. The maximum atomic E-state index is 12.6. The Bertz CT molecular complexity index is 1070. The van der Waals surface area contributed by atoms with Gasteiger partial charge in [-0.1, -0.05) is 135 Å². The molecule has 0 bridgehead atoms. The molecule has 0 aliphatic heterocycles. The summed E-state index contributed by atoms with van der Waals surface area (Å²) in [6.45, 7) is 4.55. The third kappa shape index (κ3) is 5.18. The quantitative estimate of drug-likeness (QED) is 0.296. The van der Waals surface area contributed by atoms with Crippen LogP contribution < -0.4 is 10.4 Å². The first-order valence-electron chi connectivity index (χ1n) is 11.9. The van der Waals surface area contributed by atoms with Gasteiger partial charge >= 0.3 is 0 Å². The molecule has 0 radical (unpaired) electrons. The Morgan fingerprint density at radius 3 is 1.55 bits per heavy atom. The van der Waals surface area contributed by atoms with Crippen molar-refractivity contribution in [1.82, 2.24) is 0 Å². The molecule has 0 spiro atoms. The van der Waals surface area contributed by atoms with E-state index in [4.69, 9.17) is 0 Å². The molecule has 4 aromatic carbocycles. The van der Waals surface area contributed by atoms with Crippen LogP contribution in [0.1, 0.15) is 43.7 Å². The lowest BCUT2D eigenvalue weighted by molar-refractivity contribution is 0.423. The molecule has 0 fully saturated rings. The summed E-state index contributed by atoms with van der Waals surface area (Å²) in [4.78, 5) is 12.6. The molecule has 33 heavy (non-hydrogen) atoms. The van der Waals surface area contributed by atoms with Crippen LogP contribution in [0, 0.1) is 0 Å². The average Bonchev–Trinajstić information content (AvgIpc) is 2.88. The van der Waals surface area contributed by atoms with E-state index in [-0.39, 0.29) is 5.04 Å². The molecule has 1 unspecified atom stereocenters. The van der Waals surface area contributed by atoms with Crippen LogP contribution >= 0.6 is 0 Å². The van der Waals surface area contributed by atoms with Gasteiger partial charge in [-0.2, -0.15) is 0 Å². The lowest BCUT2D eigenvalue weighted by Crippen LogP contribution is -2.65. The van der Waals surface area contributed by atoms with E-state index in [1.165, 1.54) is 11.1 Å². The normalized spacial score (nSPS) is 12.9. The lowest BCUT2D eigenvalue weighted by Gasteiger charge is -2.43. The van der Waals surface area contributed by atoms with Crippen LogP contribution in [0.15, 0.2) is 121 Å². The van der Waals surface area contributed by atoms with Gasteiger partial charge in [0.2, 0.25) is 0 Å². The first-order chi connectivity index (χ1) is 16.0. The fraction of sp³-hybridized carbons (Fsp3) is 0.226. The minimum absolute atomic E-state index is 0.271. The maximum Gasteiger partial charge on any atom is 0.258 e. The molecule has 168 valence electrons. The van der Waals surface area contributed by atoms with Crippen LogP contribution in [0.5, 0.6) is 0 Å². The Labute approximate surface area is 199 Å². The van der Waals surface area contributed by atoms with Crippen LogP contribution in [0.3, 0.4) is 0 Å². The standard InChI is InChI=1S/C31H34OSi/c1-31(2,33(32,29-19-11-5-12-20-29)30-21-13-6-14-22-30)25-28(27-17-9-4-10-18-27)24-23-26-15-7-3-8-16-26/h3-22,28,32H,23-25H2,1-2H3. The molecule has 1 atom stereocenters. The molecular weight excluding hydrogens is 416 g/mol. The van der Waals surface area contributed by atoms with Gasteiger partial charge in [0.1, 0.15) is 0 Å². The molecule has 0 aliphatic rings. The second-order valence-electron chi connectivity index (χ2n) is 9.66. The van der Waals surface area contributed by atoms with Gasteiger partial charge < -0.3 is 4.80 Å². The monoisotopic (exact) mass is 450 g/mol. The van der Waals surface area contributed by atoms with Crippen molar-refractivity contribution >= 4 is 18.7 Å². The molecule has 0 heterocycles. The summed E-state index contributed by atoms with van der Waals surface area (Å²) in [5.74, 6) is 0.368. The molecule has 1 N–H and O–H groups in total. The summed E-state index contributed by atoms with van der Waals surface area (Å²) in [7, 11) is -3.03. The highest BCUT2D eigenvalue weighted by Crippen LogP contribution is 2.45. The highest BCUT2D eigenvalue weighted by Gasteiger charge is 2.50. The van der Waals surface area contributed by atoms with Gasteiger partial charge in [0.05, 0.1) is 0 Å². The summed E-state index contributed by atoms with van der Waals surface area (Å²) in [6.07, 6.45) is 3.02. The van der Waals surface area contributed by atoms with E-state index < -0.39 is 8.32 Å². The van der Waals surface area contributed by atoms with Gasteiger partial charge in [-0.25, -0.2) is 0 Å². The zero-order valence-electron chi connectivity index (χ0n) is 19.7. The second-order valence-corrected chi connectivity index (χ2v) is 13.6. The molecule has 4 rings (SSSR count). The van der Waals surface area contributed by atoms with E-state index >= 15 is 0 Å². The smallest absolute Gasteiger partial charge is 0.258 e. The lowest BCUT2D eigenvalue weighted by atomic mass is 9.85. The maximum absolute atomic E-state index is 12.6. The number of benzene rings is 4. The number of rotatable bonds is 9. The van der Waals surface area contributed by atoms with E-state index in [1.807, 2.05) is 12.1 Å². The van der Waals surface area contributed by atoms with Gasteiger partial charge in [-0.05, 0) is 51.7 Å². The largest absolute Gasteiger partial charge is 0.424 e. The predicted octanol–water partition coefficient (Wildman–Crippen LogP) is 6.33. The highest BCUT2D eigenvalue weighted by atomic mass is 28.4. The van der Waals surface area contributed by atoms with Gasteiger partial charge in [0.15, 0.2) is 0 Å². The highest BCUT2D eigenvalue weighted by molar-refractivity contribution is 6.98. The van der Waals surface area contributed by atoms with Crippen molar-refractivity contribution < 1.29 is 4.80 Å². The third-order valence-electron chi connectivity index (χ3n) is 7.01.